The van der Waals surface area contributed by atoms with Gasteiger partial charge < -0.3 is 14.8 Å². The van der Waals surface area contributed by atoms with E-state index in [1.165, 1.54) is 17.8 Å². The van der Waals surface area contributed by atoms with E-state index in [2.05, 4.69) is 5.32 Å². The van der Waals surface area contributed by atoms with E-state index in [0.717, 1.165) is 5.56 Å². The van der Waals surface area contributed by atoms with Crippen molar-refractivity contribution < 1.29 is 19.2 Å². The molecule has 2 aromatic rings. The third-order valence-corrected chi connectivity index (χ3v) is 4.31. The molecular weight excluding hydrogens is 332 g/mol. The minimum absolute atomic E-state index is 0.0711. The molecular formula is C16H14N2O5S. The first kappa shape index (κ1) is 16.1. The number of carbonyl (C=O) groups excluding carboxylic acids is 1. The van der Waals surface area contributed by atoms with Gasteiger partial charge in [0, 0.05) is 18.2 Å². The summed E-state index contributed by atoms with van der Waals surface area (Å²) >= 11 is 1.27. The molecule has 1 heterocycles. The van der Waals surface area contributed by atoms with Crippen molar-refractivity contribution in [2.45, 2.75) is 11.4 Å². The highest BCUT2D eigenvalue weighted by atomic mass is 32.2. The number of hydrogen-bond acceptors (Lipinski definition) is 6. The fourth-order valence-corrected chi connectivity index (χ4v) is 2.86. The van der Waals surface area contributed by atoms with E-state index in [9.17, 15) is 14.9 Å². The Morgan fingerprint density at radius 2 is 2.04 bits per heavy atom. The Kier molecular flexibility index (Phi) is 4.57. The predicted molar refractivity (Wildman–Crippen MR) is 88.6 cm³/mol. The van der Waals surface area contributed by atoms with Crippen LogP contribution < -0.4 is 14.8 Å². The first-order chi connectivity index (χ1) is 11.6. The number of benzene rings is 2. The fraction of sp³-hybridized carbons (Fsp3) is 0.188. The number of ether oxygens (including phenoxy) is 2. The van der Waals surface area contributed by atoms with Gasteiger partial charge in [0.05, 0.1) is 9.82 Å². The van der Waals surface area contributed by atoms with Crippen molar-refractivity contribution in [2.75, 3.05) is 13.0 Å². The SMILES string of the molecule is CSc1ccc(C(=O)NCc2ccc3c(c2)OCO3)cc1[N+](=O)[O-]. The molecule has 124 valence electrons. The maximum Gasteiger partial charge on any atom is 0.283 e. The van der Waals surface area contributed by atoms with E-state index >= 15 is 0 Å². The van der Waals surface area contributed by atoms with Gasteiger partial charge in [-0.1, -0.05) is 6.07 Å². The molecule has 0 atom stereocenters. The zero-order valence-corrected chi connectivity index (χ0v) is 13.6. The standard InChI is InChI=1S/C16H14N2O5S/c1-24-15-5-3-11(7-12(15)18(20)21)16(19)17-8-10-2-4-13-14(6-10)23-9-22-13/h2-7H,8-9H2,1H3,(H,17,19). The van der Waals surface area contributed by atoms with Crippen LogP contribution in [-0.4, -0.2) is 23.9 Å². The van der Waals surface area contributed by atoms with Gasteiger partial charge >= 0.3 is 0 Å². The molecule has 1 N–H and O–H groups in total. The Bertz CT molecular complexity index is 809. The van der Waals surface area contributed by atoms with Crippen LogP contribution in [0.15, 0.2) is 41.3 Å². The lowest BCUT2D eigenvalue weighted by Gasteiger charge is -2.07. The number of fused-ring (bicyclic) bond motifs is 1. The Morgan fingerprint density at radius 1 is 1.25 bits per heavy atom. The van der Waals surface area contributed by atoms with Crippen LogP contribution in [0, 0.1) is 10.1 Å². The van der Waals surface area contributed by atoms with Crippen LogP contribution in [0.25, 0.3) is 0 Å². The van der Waals surface area contributed by atoms with Gasteiger partial charge in [0.25, 0.3) is 11.6 Å². The van der Waals surface area contributed by atoms with Gasteiger partial charge in [-0.25, -0.2) is 0 Å². The summed E-state index contributed by atoms with van der Waals surface area (Å²) in [5.41, 5.74) is 1.03. The van der Waals surface area contributed by atoms with Crippen LogP contribution in [0.5, 0.6) is 11.5 Å². The van der Waals surface area contributed by atoms with Crippen molar-refractivity contribution in [1.82, 2.24) is 5.32 Å². The number of carbonyl (C=O) groups is 1. The van der Waals surface area contributed by atoms with Crippen molar-refractivity contribution in [1.29, 1.82) is 0 Å². The maximum absolute atomic E-state index is 12.2. The quantitative estimate of drug-likeness (QED) is 0.508. The molecule has 24 heavy (non-hydrogen) atoms. The van der Waals surface area contributed by atoms with E-state index < -0.39 is 4.92 Å². The second kappa shape index (κ2) is 6.79. The highest BCUT2D eigenvalue weighted by Gasteiger charge is 2.17. The second-order valence-corrected chi connectivity index (χ2v) is 5.86. The topological polar surface area (TPSA) is 90.7 Å². The summed E-state index contributed by atoms with van der Waals surface area (Å²) in [5, 5.41) is 13.8. The van der Waals surface area contributed by atoms with Gasteiger partial charge in [-0.15, -0.1) is 11.8 Å². The Morgan fingerprint density at radius 3 is 2.79 bits per heavy atom. The number of hydrogen-bond donors (Lipinski definition) is 1. The molecule has 0 spiro atoms. The summed E-state index contributed by atoms with van der Waals surface area (Å²) in [5.74, 6) is 0.943. The zero-order chi connectivity index (χ0) is 17.1. The van der Waals surface area contributed by atoms with Crippen LogP contribution in [-0.2, 0) is 6.54 Å². The van der Waals surface area contributed by atoms with Crippen molar-refractivity contribution in [3.63, 3.8) is 0 Å². The first-order valence-corrected chi connectivity index (χ1v) is 8.30. The molecule has 1 amide bonds. The van der Waals surface area contributed by atoms with Crippen LogP contribution in [0.2, 0.25) is 0 Å². The molecule has 0 unspecified atom stereocenters. The summed E-state index contributed by atoms with van der Waals surface area (Å²) in [4.78, 5) is 23.3. The lowest BCUT2D eigenvalue weighted by molar-refractivity contribution is -0.387. The van der Waals surface area contributed by atoms with Crippen molar-refractivity contribution in [2.24, 2.45) is 0 Å². The molecule has 0 aliphatic carbocycles. The molecule has 7 nitrogen and oxygen atoms in total. The largest absolute Gasteiger partial charge is 0.454 e. The van der Waals surface area contributed by atoms with E-state index in [-0.39, 0.29) is 30.5 Å². The molecule has 1 aliphatic heterocycles. The summed E-state index contributed by atoms with van der Waals surface area (Å²) < 4.78 is 10.5. The second-order valence-electron chi connectivity index (χ2n) is 5.01. The van der Waals surface area contributed by atoms with Gasteiger partial charge in [-0.05, 0) is 36.1 Å². The van der Waals surface area contributed by atoms with Gasteiger partial charge in [-0.2, -0.15) is 0 Å². The molecule has 0 fully saturated rings. The number of rotatable bonds is 5. The minimum Gasteiger partial charge on any atom is -0.454 e. The molecule has 2 aromatic carbocycles. The van der Waals surface area contributed by atoms with Crippen molar-refractivity contribution >= 4 is 23.4 Å². The van der Waals surface area contributed by atoms with E-state index in [0.29, 0.717) is 16.4 Å². The number of nitro groups is 1. The van der Waals surface area contributed by atoms with Crippen LogP contribution in [0.4, 0.5) is 5.69 Å². The first-order valence-electron chi connectivity index (χ1n) is 7.07. The maximum atomic E-state index is 12.2. The molecule has 0 aromatic heterocycles. The number of nitrogens with one attached hydrogen (secondary N) is 1. The van der Waals surface area contributed by atoms with Gasteiger partial charge in [-0.3, -0.25) is 14.9 Å². The molecule has 8 heteroatoms. The molecule has 1 aliphatic rings. The lowest BCUT2D eigenvalue weighted by Crippen LogP contribution is -2.22. The highest BCUT2D eigenvalue weighted by Crippen LogP contribution is 2.32. The number of nitrogens with zero attached hydrogens (tertiary/aromatic N) is 1. The lowest BCUT2D eigenvalue weighted by atomic mass is 10.1. The Hall–Kier alpha value is -2.74. The third-order valence-electron chi connectivity index (χ3n) is 3.53. The molecule has 0 saturated heterocycles. The van der Waals surface area contributed by atoms with E-state index in [1.807, 2.05) is 6.07 Å². The summed E-state index contributed by atoms with van der Waals surface area (Å²) in [6.07, 6.45) is 1.75. The van der Waals surface area contributed by atoms with Gasteiger partial charge in [0.1, 0.15) is 0 Å². The molecule has 0 saturated carbocycles. The smallest absolute Gasteiger partial charge is 0.283 e. The van der Waals surface area contributed by atoms with Crippen molar-refractivity contribution in [3.8, 4) is 11.5 Å². The average molecular weight is 346 g/mol. The zero-order valence-electron chi connectivity index (χ0n) is 12.8. The van der Waals surface area contributed by atoms with Gasteiger partial charge in [0.15, 0.2) is 11.5 Å². The number of nitro benzene ring substituents is 1. The molecule has 3 rings (SSSR count). The fourth-order valence-electron chi connectivity index (χ4n) is 2.31. The van der Waals surface area contributed by atoms with E-state index in [4.69, 9.17) is 9.47 Å². The number of amides is 1. The van der Waals surface area contributed by atoms with Crippen LogP contribution in [0.3, 0.4) is 0 Å². The minimum atomic E-state index is -0.486. The van der Waals surface area contributed by atoms with Crippen LogP contribution in [0.1, 0.15) is 15.9 Å². The van der Waals surface area contributed by atoms with Gasteiger partial charge in [0.2, 0.25) is 6.79 Å². The predicted octanol–water partition coefficient (Wildman–Crippen LogP) is 2.98. The third kappa shape index (κ3) is 3.28. The average Bonchev–Trinajstić information content (AvgIpc) is 3.06. The Labute approximate surface area is 142 Å². The normalized spacial score (nSPS) is 12.0. The monoisotopic (exact) mass is 346 g/mol. The molecule has 0 bridgehead atoms. The summed E-state index contributed by atoms with van der Waals surface area (Å²) in [7, 11) is 0. The van der Waals surface area contributed by atoms with Crippen LogP contribution >= 0.6 is 11.8 Å². The summed E-state index contributed by atoms with van der Waals surface area (Å²) in [6.45, 7) is 0.476. The van der Waals surface area contributed by atoms with Crippen molar-refractivity contribution in [3.05, 3.63) is 57.6 Å². The molecule has 0 radical (unpaired) electrons. The number of thioether (sulfide) groups is 1. The Balaban J connectivity index is 1.71. The van der Waals surface area contributed by atoms with E-state index in [1.54, 1.807) is 30.5 Å². The highest BCUT2D eigenvalue weighted by molar-refractivity contribution is 7.98. The summed E-state index contributed by atoms with van der Waals surface area (Å²) in [6, 6.07) is 9.85.